The van der Waals surface area contributed by atoms with Crippen molar-refractivity contribution in [3.63, 3.8) is 0 Å². The van der Waals surface area contributed by atoms with Crippen LogP contribution in [0.2, 0.25) is 0 Å². The van der Waals surface area contributed by atoms with Crippen LogP contribution in [0, 0.1) is 31.0 Å². The summed E-state index contributed by atoms with van der Waals surface area (Å²) < 4.78 is 12.8. The summed E-state index contributed by atoms with van der Waals surface area (Å²) in [6.07, 6.45) is 0. The molecule has 2 nitrogen and oxygen atoms in total. The number of pyridine rings is 1. The third kappa shape index (κ3) is 2.16. The Labute approximate surface area is 99.4 Å². The van der Waals surface area contributed by atoms with E-state index in [0.29, 0.717) is 11.3 Å². The second-order valence-electron chi connectivity index (χ2n) is 3.90. The van der Waals surface area contributed by atoms with E-state index in [1.807, 2.05) is 13.0 Å². The maximum absolute atomic E-state index is 12.8. The molecule has 0 saturated carbocycles. The van der Waals surface area contributed by atoms with Crippen molar-refractivity contribution >= 4 is 0 Å². The first kappa shape index (κ1) is 11.3. The molecule has 2 rings (SSSR count). The van der Waals surface area contributed by atoms with Gasteiger partial charge in [-0.15, -0.1) is 0 Å². The van der Waals surface area contributed by atoms with Crippen LogP contribution in [-0.2, 0) is 0 Å². The zero-order valence-electron chi connectivity index (χ0n) is 9.66. The summed E-state index contributed by atoms with van der Waals surface area (Å²) in [4.78, 5) is 4.36. The lowest BCUT2D eigenvalue weighted by atomic mass is 10.0. The van der Waals surface area contributed by atoms with Crippen LogP contribution in [0.5, 0.6) is 0 Å². The van der Waals surface area contributed by atoms with Gasteiger partial charge in [-0.3, -0.25) is 4.98 Å². The molecule has 1 aromatic heterocycles. The summed E-state index contributed by atoms with van der Waals surface area (Å²) in [7, 11) is 0. The minimum Gasteiger partial charge on any atom is -0.252 e. The smallest absolute Gasteiger partial charge is 0.123 e. The molecule has 0 bridgehead atoms. The standard InChI is InChI=1S/C14H11FN2/c1-9-7-14(17-10(2)13(9)8-16)11-3-5-12(15)6-4-11/h3-7H,1-2H3. The molecular weight excluding hydrogens is 215 g/mol. The van der Waals surface area contributed by atoms with Crippen molar-refractivity contribution in [2.45, 2.75) is 13.8 Å². The topological polar surface area (TPSA) is 36.7 Å². The van der Waals surface area contributed by atoms with E-state index in [9.17, 15) is 4.39 Å². The van der Waals surface area contributed by atoms with Crippen LogP contribution >= 0.6 is 0 Å². The highest BCUT2D eigenvalue weighted by Gasteiger charge is 2.07. The average molecular weight is 226 g/mol. The maximum atomic E-state index is 12.8. The van der Waals surface area contributed by atoms with Crippen molar-refractivity contribution < 1.29 is 4.39 Å². The number of hydrogen-bond acceptors (Lipinski definition) is 2. The minimum absolute atomic E-state index is 0.268. The number of nitriles is 1. The molecule has 17 heavy (non-hydrogen) atoms. The van der Waals surface area contributed by atoms with Gasteiger partial charge in [0.15, 0.2) is 0 Å². The van der Waals surface area contributed by atoms with E-state index in [2.05, 4.69) is 11.1 Å². The Morgan fingerprint density at radius 3 is 2.35 bits per heavy atom. The van der Waals surface area contributed by atoms with Gasteiger partial charge in [0.1, 0.15) is 11.9 Å². The summed E-state index contributed by atoms with van der Waals surface area (Å²) in [5.74, 6) is -0.268. The summed E-state index contributed by atoms with van der Waals surface area (Å²) in [6, 6.07) is 10.1. The number of halogens is 1. The Bertz CT molecular complexity index is 572. The zero-order valence-corrected chi connectivity index (χ0v) is 9.66. The van der Waals surface area contributed by atoms with Gasteiger partial charge in [-0.05, 0) is 49.7 Å². The molecule has 2 aromatic rings. The van der Waals surface area contributed by atoms with Gasteiger partial charge in [-0.2, -0.15) is 5.26 Å². The summed E-state index contributed by atoms with van der Waals surface area (Å²) in [5.41, 5.74) is 3.81. The van der Waals surface area contributed by atoms with Crippen LogP contribution in [0.4, 0.5) is 4.39 Å². The van der Waals surface area contributed by atoms with E-state index < -0.39 is 0 Å². The molecule has 3 heteroatoms. The van der Waals surface area contributed by atoms with Crippen LogP contribution < -0.4 is 0 Å². The van der Waals surface area contributed by atoms with Crippen LogP contribution in [0.3, 0.4) is 0 Å². The molecule has 0 aliphatic carbocycles. The second kappa shape index (κ2) is 4.34. The molecule has 0 N–H and O–H groups in total. The Hall–Kier alpha value is -2.21. The average Bonchev–Trinajstić information content (AvgIpc) is 2.29. The van der Waals surface area contributed by atoms with E-state index in [0.717, 1.165) is 16.8 Å². The van der Waals surface area contributed by atoms with Gasteiger partial charge in [-0.25, -0.2) is 4.39 Å². The molecular formula is C14H11FN2. The van der Waals surface area contributed by atoms with Crippen molar-refractivity contribution in [3.05, 3.63) is 53.0 Å². The fourth-order valence-electron chi connectivity index (χ4n) is 1.77. The van der Waals surface area contributed by atoms with E-state index >= 15 is 0 Å². The Balaban J connectivity index is 2.55. The molecule has 0 amide bonds. The number of rotatable bonds is 1. The SMILES string of the molecule is Cc1cc(-c2ccc(F)cc2)nc(C)c1C#N. The Kier molecular flexibility index (Phi) is 2.88. The highest BCUT2D eigenvalue weighted by atomic mass is 19.1. The lowest BCUT2D eigenvalue weighted by Crippen LogP contribution is -1.95. The van der Waals surface area contributed by atoms with Gasteiger partial charge in [0, 0.05) is 5.56 Å². The molecule has 0 aliphatic rings. The lowest BCUT2D eigenvalue weighted by Gasteiger charge is -2.06. The first-order chi connectivity index (χ1) is 8.11. The predicted molar refractivity (Wildman–Crippen MR) is 63.8 cm³/mol. The summed E-state index contributed by atoms with van der Waals surface area (Å²) in [5, 5.41) is 8.96. The van der Waals surface area contributed by atoms with Gasteiger partial charge >= 0.3 is 0 Å². The van der Waals surface area contributed by atoms with Crippen molar-refractivity contribution in [1.29, 1.82) is 5.26 Å². The fourth-order valence-corrected chi connectivity index (χ4v) is 1.77. The van der Waals surface area contributed by atoms with Crippen LogP contribution in [-0.4, -0.2) is 4.98 Å². The number of aryl methyl sites for hydroxylation is 2. The highest BCUT2D eigenvalue weighted by Crippen LogP contribution is 2.21. The maximum Gasteiger partial charge on any atom is 0.123 e. The summed E-state index contributed by atoms with van der Waals surface area (Å²) >= 11 is 0. The van der Waals surface area contributed by atoms with Gasteiger partial charge < -0.3 is 0 Å². The van der Waals surface area contributed by atoms with Crippen molar-refractivity contribution in [2.75, 3.05) is 0 Å². The molecule has 0 fully saturated rings. The molecule has 0 spiro atoms. The Morgan fingerprint density at radius 2 is 1.82 bits per heavy atom. The zero-order chi connectivity index (χ0) is 12.4. The molecule has 0 unspecified atom stereocenters. The van der Waals surface area contributed by atoms with E-state index in [1.165, 1.54) is 12.1 Å². The highest BCUT2D eigenvalue weighted by molar-refractivity contribution is 5.62. The fraction of sp³-hybridized carbons (Fsp3) is 0.143. The van der Waals surface area contributed by atoms with Gasteiger partial charge in [0.25, 0.3) is 0 Å². The number of nitrogens with zero attached hydrogens (tertiary/aromatic N) is 2. The van der Waals surface area contributed by atoms with Crippen molar-refractivity contribution in [1.82, 2.24) is 4.98 Å². The van der Waals surface area contributed by atoms with Gasteiger partial charge in [0.2, 0.25) is 0 Å². The number of benzene rings is 1. The van der Waals surface area contributed by atoms with Crippen LogP contribution in [0.25, 0.3) is 11.3 Å². The summed E-state index contributed by atoms with van der Waals surface area (Å²) in [6.45, 7) is 3.68. The predicted octanol–water partition coefficient (Wildman–Crippen LogP) is 3.38. The third-order valence-electron chi connectivity index (χ3n) is 2.65. The van der Waals surface area contributed by atoms with E-state index in [1.54, 1.807) is 19.1 Å². The monoisotopic (exact) mass is 226 g/mol. The molecule has 84 valence electrons. The van der Waals surface area contributed by atoms with Crippen molar-refractivity contribution in [3.8, 4) is 17.3 Å². The largest absolute Gasteiger partial charge is 0.252 e. The third-order valence-corrected chi connectivity index (χ3v) is 2.65. The van der Waals surface area contributed by atoms with E-state index in [4.69, 9.17) is 5.26 Å². The molecule has 0 aliphatic heterocycles. The molecule has 0 saturated heterocycles. The number of hydrogen-bond donors (Lipinski definition) is 0. The van der Waals surface area contributed by atoms with Gasteiger partial charge in [0.05, 0.1) is 17.0 Å². The quantitative estimate of drug-likeness (QED) is 0.747. The molecule has 1 aromatic carbocycles. The molecule has 0 atom stereocenters. The van der Waals surface area contributed by atoms with Crippen LogP contribution in [0.15, 0.2) is 30.3 Å². The minimum atomic E-state index is -0.268. The number of aromatic nitrogens is 1. The normalized spacial score (nSPS) is 10.0. The van der Waals surface area contributed by atoms with Crippen molar-refractivity contribution in [2.24, 2.45) is 0 Å². The lowest BCUT2D eigenvalue weighted by molar-refractivity contribution is 0.628. The first-order valence-corrected chi connectivity index (χ1v) is 5.26. The second-order valence-corrected chi connectivity index (χ2v) is 3.90. The van der Waals surface area contributed by atoms with Crippen LogP contribution in [0.1, 0.15) is 16.8 Å². The van der Waals surface area contributed by atoms with E-state index in [-0.39, 0.29) is 5.82 Å². The first-order valence-electron chi connectivity index (χ1n) is 5.26. The molecule has 0 radical (unpaired) electrons. The van der Waals surface area contributed by atoms with Gasteiger partial charge in [-0.1, -0.05) is 0 Å². The Morgan fingerprint density at radius 1 is 1.18 bits per heavy atom. The molecule has 1 heterocycles.